The standard InChI is InChI=1S/C15H16O2/c1-4-12-7-8-13(10-15(12)16-5-2)14-9-6-11(3)17-14/h4,6-10H,1,5H2,2-3H3. The first-order chi connectivity index (χ1) is 8.24. The van der Waals surface area contributed by atoms with E-state index >= 15 is 0 Å². The van der Waals surface area contributed by atoms with Gasteiger partial charge >= 0.3 is 0 Å². The van der Waals surface area contributed by atoms with Gasteiger partial charge in [0.1, 0.15) is 17.3 Å². The second kappa shape index (κ2) is 4.91. The van der Waals surface area contributed by atoms with Crippen LogP contribution in [0.4, 0.5) is 0 Å². The zero-order valence-corrected chi connectivity index (χ0v) is 10.2. The van der Waals surface area contributed by atoms with Crippen LogP contribution < -0.4 is 4.74 Å². The number of benzene rings is 1. The minimum Gasteiger partial charge on any atom is -0.493 e. The van der Waals surface area contributed by atoms with Gasteiger partial charge in [0.2, 0.25) is 0 Å². The van der Waals surface area contributed by atoms with Crippen molar-refractivity contribution in [3.63, 3.8) is 0 Å². The second-order valence-corrected chi connectivity index (χ2v) is 3.80. The third kappa shape index (κ3) is 2.41. The average molecular weight is 228 g/mol. The highest BCUT2D eigenvalue weighted by molar-refractivity contribution is 5.66. The van der Waals surface area contributed by atoms with Crippen LogP contribution in [0.5, 0.6) is 5.75 Å². The molecular formula is C15H16O2. The fraction of sp³-hybridized carbons (Fsp3) is 0.200. The molecule has 88 valence electrons. The van der Waals surface area contributed by atoms with Gasteiger partial charge in [0.05, 0.1) is 6.61 Å². The monoisotopic (exact) mass is 228 g/mol. The first kappa shape index (κ1) is 11.5. The van der Waals surface area contributed by atoms with E-state index in [1.54, 1.807) is 6.08 Å². The van der Waals surface area contributed by atoms with E-state index in [1.807, 2.05) is 44.2 Å². The summed E-state index contributed by atoms with van der Waals surface area (Å²) in [5, 5.41) is 0. The predicted octanol–water partition coefficient (Wildman–Crippen LogP) is 4.30. The Labute approximate surface area is 102 Å². The van der Waals surface area contributed by atoms with Crippen molar-refractivity contribution < 1.29 is 9.15 Å². The molecule has 0 fully saturated rings. The van der Waals surface area contributed by atoms with Crippen LogP contribution in [0.1, 0.15) is 18.2 Å². The third-order valence-corrected chi connectivity index (χ3v) is 2.56. The molecule has 0 aliphatic rings. The van der Waals surface area contributed by atoms with E-state index in [-0.39, 0.29) is 0 Å². The molecule has 0 unspecified atom stereocenters. The highest BCUT2D eigenvalue weighted by Crippen LogP contribution is 2.29. The first-order valence-electron chi connectivity index (χ1n) is 5.70. The number of hydrogen-bond acceptors (Lipinski definition) is 2. The van der Waals surface area contributed by atoms with Crippen molar-refractivity contribution in [3.05, 3.63) is 48.2 Å². The molecule has 2 rings (SSSR count). The van der Waals surface area contributed by atoms with Crippen LogP contribution in [0, 0.1) is 6.92 Å². The quantitative estimate of drug-likeness (QED) is 0.778. The number of hydrogen-bond donors (Lipinski definition) is 0. The molecule has 2 nitrogen and oxygen atoms in total. The van der Waals surface area contributed by atoms with E-state index < -0.39 is 0 Å². The maximum Gasteiger partial charge on any atom is 0.134 e. The lowest BCUT2D eigenvalue weighted by Crippen LogP contribution is -1.94. The van der Waals surface area contributed by atoms with Crippen LogP contribution in [-0.2, 0) is 0 Å². The molecule has 0 bridgehead atoms. The van der Waals surface area contributed by atoms with Gasteiger partial charge in [0.15, 0.2) is 0 Å². The SMILES string of the molecule is C=Cc1ccc(-c2ccc(C)o2)cc1OCC. The molecule has 0 spiro atoms. The van der Waals surface area contributed by atoms with Crippen LogP contribution in [0.2, 0.25) is 0 Å². The zero-order chi connectivity index (χ0) is 12.3. The van der Waals surface area contributed by atoms with Crippen LogP contribution in [-0.4, -0.2) is 6.61 Å². The lowest BCUT2D eigenvalue weighted by atomic mass is 10.1. The Kier molecular flexibility index (Phi) is 3.33. The Bertz CT molecular complexity index is 523. The smallest absolute Gasteiger partial charge is 0.134 e. The van der Waals surface area contributed by atoms with E-state index in [1.165, 1.54) is 0 Å². The molecule has 1 heterocycles. The summed E-state index contributed by atoms with van der Waals surface area (Å²) < 4.78 is 11.2. The maximum absolute atomic E-state index is 5.59. The molecule has 0 aliphatic carbocycles. The summed E-state index contributed by atoms with van der Waals surface area (Å²) in [6, 6.07) is 9.91. The van der Waals surface area contributed by atoms with Gasteiger partial charge in [-0.2, -0.15) is 0 Å². The molecule has 0 radical (unpaired) electrons. The summed E-state index contributed by atoms with van der Waals surface area (Å²) >= 11 is 0. The van der Waals surface area contributed by atoms with Crippen LogP contribution >= 0.6 is 0 Å². The Morgan fingerprint density at radius 2 is 2.12 bits per heavy atom. The molecule has 0 aliphatic heterocycles. The summed E-state index contributed by atoms with van der Waals surface area (Å²) in [7, 11) is 0. The third-order valence-electron chi connectivity index (χ3n) is 2.56. The summed E-state index contributed by atoms with van der Waals surface area (Å²) in [5.41, 5.74) is 2.02. The van der Waals surface area contributed by atoms with E-state index in [2.05, 4.69) is 6.58 Å². The average Bonchev–Trinajstić information content (AvgIpc) is 2.76. The zero-order valence-electron chi connectivity index (χ0n) is 10.2. The molecule has 1 aromatic carbocycles. The molecule has 0 atom stereocenters. The minimum atomic E-state index is 0.640. The van der Waals surface area contributed by atoms with Crippen molar-refractivity contribution in [2.45, 2.75) is 13.8 Å². The van der Waals surface area contributed by atoms with Gasteiger partial charge in [-0.3, -0.25) is 0 Å². The number of rotatable bonds is 4. The second-order valence-electron chi connectivity index (χ2n) is 3.80. The van der Waals surface area contributed by atoms with Gasteiger partial charge in [0, 0.05) is 11.1 Å². The van der Waals surface area contributed by atoms with Crippen LogP contribution in [0.15, 0.2) is 41.3 Å². The Morgan fingerprint density at radius 3 is 2.71 bits per heavy atom. The van der Waals surface area contributed by atoms with Crippen molar-refractivity contribution in [1.82, 2.24) is 0 Å². The minimum absolute atomic E-state index is 0.640. The molecule has 2 aromatic rings. The predicted molar refractivity (Wildman–Crippen MR) is 70.1 cm³/mol. The number of aryl methyl sites for hydroxylation is 1. The van der Waals surface area contributed by atoms with Crippen molar-refractivity contribution in [3.8, 4) is 17.1 Å². The number of furan rings is 1. The lowest BCUT2D eigenvalue weighted by Gasteiger charge is -2.08. The lowest BCUT2D eigenvalue weighted by molar-refractivity contribution is 0.339. The van der Waals surface area contributed by atoms with Gasteiger partial charge in [-0.05, 0) is 32.0 Å². The summed E-state index contributed by atoms with van der Waals surface area (Å²) in [5.74, 6) is 2.61. The van der Waals surface area contributed by atoms with Crippen LogP contribution in [0.25, 0.3) is 17.4 Å². The van der Waals surface area contributed by atoms with E-state index in [4.69, 9.17) is 9.15 Å². The van der Waals surface area contributed by atoms with Crippen molar-refractivity contribution in [2.75, 3.05) is 6.61 Å². The van der Waals surface area contributed by atoms with Gasteiger partial charge in [-0.1, -0.05) is 24.8 Å². The summed E-state index contributed by atoms with van der Waals surface area (Å²) in [4.78, 5) is 0. The van der Waals surface area contributed by atoms with Gasteiger partial charge in [0.25, 0.3) is 0 Å². The highest BCUT2D eigenvalue weighted by atomic mass is 16.5. The molecule has 0 N–H and O–H groups in total. The first-order valence-corrected chi connectivity index (χ1v) is 5.70. The largest absolute Gasteiger partial charge is 0.493 e. The van der Waals surface area contributed by atoms with E-state index in [0.717, 1.165) is 28.4 Å². The molecule has 2 heteroatoms. The fourth-order valence-electron chi connectivity index (χ4n) is 1.73. The van der Waals surface area contributed by atoms with Crippen LogP contribution in [0.3, 0.4) is 0 Å². The van der Waals surface area contributed by atoms with E-state index in [0.29, 0.717) is 6.61 Å². The van der Waals surface area contributed by atoms with Crippen molar-refractivity contribution in [1.29, 1.82) is 0 Å². The Morgan fingerprint density at radius 1 is 1.29 bits per heavy atom. The van der Waals surface area contributed by atoms with Crippen molar-refractivity contribution in [2.24, 2.45) is 0 Å². The van der Waals surface area contributed by atoms with Gasteiger partial charge < -0.3 is 9.15 Å². The highest BCUT2D eigenvalue weighted by Gasteiger charge is 2.06. The normalized spacial score (nSPS) is 10.2. The van der Waals surface area contributed by atoms with Gasteiger partial charge in [-0.25, -0.2) is 0 Å². The summed E-state index contributed by atoms with van der Waals surface area (Å²) in [6.45, 7) is 8.32. The number of ether oxygens (including phenoxy) is 1. The molecule has 0 saturated carbocycles. The summed E-state index contributed by atoms with van der Waals surface area (Å²) in [6.07, 6.45) is 1.79. The Hall–Kier alpha value is -1.96. The fourth-order valence-corrected chi connectivity index (χ4v) is 1.73. The molecule has 0 amide bonds. The molecule has 0 saturated heterocycles. The van der Waals surface area contributed by atoms with Gasteiger partial charge in [-0.15, -0.1) is 0 Å². The van der Waals surface area contributed by atoms with E-state index in [9.17, 15) is 0 Å². The Balaban J connectivity index is 2.42. The molecule has 1 aromatic heterocycles. The topological polar surface area (TPSA) is 22.4 Å². The maximum atomic E-state index is 5.59. The van der Waals surface area contributed by atoms with Crippen molar-refractivity contribution >= 4 is 6.08 Å². The molecule has 17 heavy (non-hydrogen) atoms. The molecular weight excluding hydrogens is 212 g/mol.